The van der Waals surface area contributed by atoms with Crippen LogP contribution in [0.4, 0.5) is 15.3 Å². The number of rotatable bonds is 11. The third-order valence-corrected chi connectivity index (χ3v) is 12.9. The second-order valence-corrected chi connectivity index (χ2v) is 17.6. The summed E-state index contributed by atoms with van der Waals surface area (Å²) in [6, 6.07) is 21.8. The zero-order chi connectivity index (χ0) is 43.7. The molecular formula is C48H65N7O7S4. The van der Waals surface area contributed by atoms with Crippen molar-refractivity contribution in [2.24, 2.45) is 21.8 Å². The lowest BCUT2D eigenvalue weighted by molar-refractivity contribution is -0.135. The van der Waals surface area contributed by atoms with Crippen LogP contribution in [0, 0.1) is 11.8 Å². The Balaban J connectivity index is 0.00000238. The van der Waals surface area contributed by atoms with Gasteiger partial charge in [0.05, 0.1) is 39.5 Å². The zero-order valence-electron chi connectivity index (χ0n) is 38.4. The summed E-state index contributed by atoms with van der Waals surface area (Å²) in [6.07, 6.45) is 4.68. The molecule has 0 aromatic heterocycles. The molecule has 66 heavy (non-hydrogen) atoms. The molecule has 0 saturated carbocycles. The van der Waals surface area contributed by atoms with Crippen LogP contribution in [-0.4, -0.2) is 110 Å². The molecule has 3 aromatic carbocycles. The topological polar surface area (TPSA) is 163 Å². The fourth-order valence-electron chi connectivity index (χ4n) is 9.37. The van der Waals surface area contributed by atoms with E-state index in [1.807, 2.05) is 43.7 Å². The van der Waals surface area contributed by atoms with Gasteiger partial charge in [-0.05, 0) is 77.0 Å². The molecule has 4 amide bonds. The minimum atomic E-state index is -0.711. The van der Waals surface area contributed by atoms with Crippen molar-refractivity contribution in [1.82, 2.24) is 20.4 Å². The molecule has 5 aliphatic heterocycles. The quantitative estimate of drug-likeness (QED) is 0.179. The fraction of sp³-hybridized carbons (Fsp3) is 0.458. The Kier molecular flexibility index (Phi) is 18.7. The highest BCUT2D eigenvalue weighted by Crippen LogP contribution is 2.44. The summed E-state index contributed by atoms with van der Waals surface area (Å²) in [7, 11) is 2.60. The van der Waals surface area contributed by atoms with Crippen molar-refractivity contribution < 1.29 is 33.4 Å². The van der Waals surface area contributed by atoms with E-state index < -0.39 is 29.8 Å². The van der Waals surface area contributed by atoms with E-state index in [0.29, 0.717) is 32.7 Å². The summed E-state index contributed by atoms with van der Waals surface area (Å²) in [5, 5.41) is 9.09. The predicted molar refractivity (Wildman–Crippen MR) is 280 cm³/mol. The van der Waals surface area contributed by atoms with Crippen molar-refractivity contribution in [3.63, 3.8) is 0 Å². The maximum atomic E-state index is 13.9. The van der Waals surface area contributed by atoms with Gasteiger partial charge < -0.3 is 40.0 Å². The van der Waals surface area contributed by atoms with Crippen LogP contribution in [0.5, 0.6) is 0 Å². The highest BCUT2D eigenvalue weighted by atomic mass is 32.1. The van der Waals surface area contributed by atoms with Gasteiger partial charge in [-0.2, -0.15) is 54.0 Å². The van der Waals surface area contributed by atoms with Gasteiger partial charge in [0.25, 0.3) is 0 Å². The number of ether oxygens (including phenoxy) is 3. The van der Waals surface area contributed by atoms with E-state index in [-0.39, 0.29) is 89.7 Å². The molecule has 5 aliphatic rings. The molecule has 0 radical (unpaired) electrons. The van der Waals surface area contributed by atoms with Crippen molar-refractivity contribution in [3.05, 3.63) is 84.1 Å². The average molecular weight is 980 g/mol. The Bertz CT molecular complexity index is 2320. The Labute approximate surface area is 415 Å². The van der Waals surface area contributed by atoms with E-state index in [9.17, 15) is 19.2 Å². The predicted octanol–water partition coefficient (Wildman–Crippen LogP) is 7.45. The van der Waals surface area contributed by atoms with E-state index in [4.69, 9.17) is 24.2 Å². The number of carbonyl (C=O) groups excluding carboxylic acids is 4. The van der Waals surface area contributed by atoms with Crippen LogP contribution in [-0.2, 0) is 29.3 Å². The number of amides is 4. The monoisotopic (exact) mass is 979 g/mol. The number of anilines is 1. The van der Waals surface area contributed by atoms with Crippen LogP contribution >= 0.6 is 54.0 Å². The molecule has 14 nitrogen and oxygen atoms in total. The van der Waals surface area contributed by atoms with E-state index in [2.05, 4.69) is 82.7 Å². The third kappa shape index (κ3) is 10.9. The molecule has 3 fully saturated rings. The Morgan fingerprint density at radius 2 is 1.17 bits per heavy atom. The molecule has 8 rings (SSSR count). The number of hydrogen-bond donors (Lipinski definition) is 3. The van der Waals surface area contributed by atoms with E-state index in [1.165, 1.54) is 14.2 Å². The number of likely N-dealkylation sites (tertiary alicyclic amines) is 2. The summed E-state index contributed by atoms with van der Waals surface area (Å²) in [6.45, 7) is 9.82. The number of hydrogen-bond acceptors (Lipinski definition) is 10. The molecule has 5 heterocycles. The Hall–Kier alpha value is -4.62. The van der Waals surface area contributed by atoms with Crippen LogP contribution < -0.4 is 16.0 Å². The molecule has 3 aromatic rings. The number of aliphatic imine (C=N–C) groups is 2. The van der Waals surface area contributed by atoms with Gasteiger partial charge in [0.1, 0.15) is 23.5 Å². The molecule has 4 atom stereocenters. The number of fused-ring (bicyclic) bond motifs is 2. The fourth-order valence-corrected chi connectivity index (χ4v) is 9.37. The lowest BCUT2D eigenvalue weighted by atomic mass is 9.84. The third-order valence-electron chi connectivity index (χ3n) is 12.9. The molecule has 0 aliphatic carbocycles. The van der Waals surface area contributed by atoms with Gasteiger partial charge in [0.2, 0.25) is 11.8 Å². The number of benzene rings is 3. The maximum Gasteiger partial charge on any atom is 0.407 e. The first-order valence-corrected chi connectivity index (χ1v) is 21.8. The Morgan fingerprint density at radius 3 is 1.65 bits per heavy atom. The first-order valence-electron chi connectivity index (χ1n) is 21.8. The van der Waals surface area contributed by atoms with Gasteiger partial charge in [0, 0.05) is 42.7 Å². The molecule has 3 saturated heterocycles. The minimum Gasteiger partial charge on any atom is -0.453 e. The van der Waals surface area contributed by atoms with Crippen molar-refractivity contribution in [2.75, 3.05) is 45.8 Å². The van der Waals surface area contributed by atoms with E-state index >= 15 is 0 Å². The second kappa shape index (κ2) is 22.9. The van der Waals surface area contributed by atoms with Crippen LogP contribution in [0.3, 0.4) is 0 Å². The number of alkyl carbamates (subject to hydrolysis) is 2. The maximum absolute atomic E-state index is 13.9. The van der Waals surface area contributed by atoms with E-state index in [0.717, 1.165) is 81.9 Å². The van der Waals surface area contributed by atoms with Crippen molar-refractivity contribution in [3.8, 4) is 22.3 Å². The number of nitrogens with zero attached hydrogens (tertiary/aromatic N) is 4. The summed E-state index contributed by atoms with van der Waals surface area (Å²) in [5.74, 6) is 0.298. The number of methoxy groups -OCH3 is 2. The standard InChI is InChI=1S/C48H57N7O7.4H2S/c1-28(2)41(51-46(58)60-5)44(56)54-21-7-9-39(54)38-24-35(25-49-38)33-17-13-31(14-18-33)30-11-15-32(16-12-30)34-19-20-36-37(23-34)50-43(53-48(36)26-62-27-48)40-10-8-22-55(40)45(57)42(29(3)4)52-47(59)61-6;;;;/h11-20,23,25,28-29,39-42H,7-10,21-22,24,26-27H2,1-6H3,(H,50,53)(H,51,58)(H,52,59);4*1H2/t39-,40-,41-,42-;;;;/m0..../s1. The van der Waals surface area contributed by atoms with Gasteiger partial charge in [-0.15, -0.1) is 0 Å². The molecular weight excluding hydrogens is 915 g/mol. The summed E-state index contributed by atoms with van der Waals surface area (Å²) >= 11 is 0. The highest BCUT2D eigenvalue weighted by Gasteiger charge is 2.47. The Morgan fingerprint density at radius 1 is 0.697 bits per heavy atom. The number of nitrogens with one attached hydrogen (secondary N) is 3. The smallest absolute Gasteiger partial charge is 0.407 e. The number of amidine groups is 1. The first kappa shape index (κ1) is 54.0. The van der Waals surface area contributed by atoms with Crippen LogP contribution in [0.25, 0.3) is 27.8 Å². The van der Waals surface area contributed by atoms with Crippen molar-refractivity contribution >= 4 is 101 Å². The van der Waals surface area contributed by atoms with E-state index in [1.54, 1.807) is 0 Å². The van der Waals surface area contributed by atoms with Gasteiger partial charge in [0.15, 0.2) is 0 Å². The average Bonchev–Trinajstić information content (AvgIpc) is 4.08. The summed E-state index contributed by atoms with van der Waals surface area (Å²) in [5.41, 5.74) is 9.03. The molecule has 0 unspecified atom stereocenters. The highest BCUT2D eigenvalue weighted by molar-refractivity contribution is 7.59. The normalized spacial score (nSPS) is 19.7. The van der Waals surface area contributed by atoms with Crippen molar-refractivity contribution in [1.29, 1.82) is 0 Å². The van der Waals surface area contributed by atoms with Crippen LogP contribution in [0.1, 0.15) is 70.9 Å². The summed E-state index contributed by atoms with van der Waals surface area (Å²) < 4.78 is 15.3. The van der Waals surface area contributed by atoms with Gasteiger partial charge >= 0.3 is 12.2 Å². The van der Waals surface area contributed by atoms with Gasteiger partial charge in [-0.25, -0.2) is 9.59 Å². The van der Waals surface area contributed by atoms with Gasteiger partial charge in [-0.3, -0.25) is 19.6 Å². The van der Waals surface area contributed by atoms with Gasteiger partial charge in [-0.1, -0.05) is 88.4 Å². The molecule has 18 heteroatoms. The minimum absolute atomic E-state index is 0. The van der Waals surface area contributed by atoms with Crippen molar-refractivity contribution in [2.45, 2.75) is 89.5 Å². The molecule has 358 valence electrons. The number of carbonyl (C=O) groups is 4. The first-order chi connectivity index (χ1) is 29.9. The molecule has 0 bridgehead atoms. The lowest BCUT2D eigenvalue weighted by Gasteiger charge is -2.44. The SMILES string of the molecule is COC(=O)N[C@H](C(=O)N1CCC[C@H]1C1=NC=C(c2ccc(-c3ccc(-c4ccc5c(c4)NC([C@@H]4CCCN4C(=O)[C@@H](NC(=O)OC)C(C)C)=NC54COC4)cc3)cc2)C1)C(C)C.S.S.S.S. The summed E-state index contributed by atoms with van der Waals surface area (Å²) in [4.78, 5) is 65.4. The molecule has 3 N–H and O–H groups in total. The largest absolute Gasteiger partial charge is 0.453 e. The second-order valence-electron chi connectivity index (χ2n) is 17.6. The molecule has 1 spiro atoms. The number of allylic oxidation sites excluding steroid dienone is 1. The zero-order valence-corrected chi connectivity index (χ0v) is 42.4. The van der Waals surface area contributed by atoms with Crippen LogP contribution in [0.2, 0.25) is 0 Å². The van der Waals surface area contributed by atoms with Crippen LogP contribution in [0.15, 0.2) is 82.9 Å². The lowest BCUT2D eigenvalue weighted by Crippen LogP contribution is -2.56.